The molecule has 4 N–H and O–H groups in total. The predicted octanol–water partition coefficient (Wildman–Crippen LogP) is 1.11. The Morgan fingerprint density at radius 3 is 2.76 bits per heavy atom. The molecule has 1 amide bonds. The Labute approximate surface area is 168 Å². The Hall–Kier alpha value is -2.30. The molecule has 0 radical (unpaired) electrons. The fourth-order valence-corrected chi connectivity index (χ4v) is 3.60. The van der Waals surface area contributed by atoms with E-state index in [4.69, 9.17) is 5.73 Å². The second kappa shape index (κ2) is 9.47. The lowest BCUT2D eigenvalue weighted by molar-refractivity contribution is -0.272. The van der Waals surface area contributed by atoms with Gasteiger partial charge in [0.1, 0.15) is 5.82 Å². The number of likely N-dealkylation sites (tertiary alicyclic amines) is 1. The maximum absolute atomic E-state index is 13.6. The molecule has 2 unspecified atom stereocenters. The zero-order chi connectivity index (χ0) is 21.7. The van der Waals surface area contributed by atoms with Crippen molar-refractivity contribution < 1.29 is 23.1 Å². The molecule has 164 valence electrons. The molecule has 29 heavy (non-hydrogen) atoms. The van der Waals surface area contributed by atoms with E-state index in [-0.39, 0.29) is 24.8 Å². The summed E-state index contributed by atoms with van der Waals surface area (Å²) in [4.78, 5) is 21.1. The van der Waals surface area contributed by atoms with E-state index in [1.165, 1.54) is 19.4 Å². The van der Waals surface area contributed by atoms with Crippen molar-refractivity contribution in [3.8, 4) is 0 Å². The molecular weight excluding hydrogens is 389 g/mol. The van der Waals surface area contributed by atoms with E-state index in [2.05, 4.69) is 15.3 Å². The van der Waals surface area contributed by atoms with Gasteiger partial charge in [-0.25, -0.2) is 4.98 Å². The number of aliphatic hydroxyl groups is 1. The van der Waals surface area contributed by atoms with Crippen molar-refractivity contribution in [1.29, 1.82) is 0 Å². The number of imidazole rings is 1. The standard InChI is InChI=1S/C18H29F3N6O2/c1-3-23-16(27-9-4-5-13(12-27)11-14(22)28)25-7-6-17(29,18(19,20)21)15-24-8-10-26(15)2/h8,10,13,29H,3-7,9,11-12H2,1-2H3,(H2,22,28)(H,23,25). The first-order valence-corrected chi connectivity index (χ1v) is 9.67. The first-order chi connectivity index (χ1) is 13.6. The lowest BCUT2D eigenvalue weighted by Crippen LogP contribution is -2.48. The average Bonchev–Trinajstić information content (AvgIpc) is 3.06. The van der Waals surface area contributed by atoms with Crippen molar-refractivity contribution in [2.24, 2.45) is 23.7 Å². The van der Waals surface area contributed by atoms with Crippen LogP contribution in [0.2, 0.25) is 0 Å². The Morgan fingerprint density at radius 2 is 2.21 bits per heavy atom. The van der Waals surface area contributed by atoms with Gasteiger partial charge in [0, 0.05) is 58.5 Å². The summed E-state index contributed by atoms with van der Waals surface area (Å²) in [5.74, 6) is -0.287. The summed E-state index contributed by atoms with van der Waals surface area (Å²) in [7, 11) is 1.40. The van der Waals surface area contributed by atoms with Gasteiger partial charge in [0.05, 0.1) is 0 Å². The minimum Gasteiger partial charge on any atom is -0.374 e. The van der Waals surface area contributed by atoms with E-state index in [9.17, 15) is 23.1 Å². The van der Waals surface area contributed by atoms with Gasteiger partial charge in [-0.3, -0.25) is 9.79 Å². The Bertz CT molecular complexity index is 721. The number of carbonyl (C=O) groups excluding carboxylic acids is 1. The van der Waals surface area contributed by atoms with Crippen LogP contribution in [0.15, 0.2) is 17.4 Å². The molecule has 0 aromatic carbocycles. The van der Waals surface area contributed by atoms with Crippen molar-refractivity contribution in [1.82, 2.24) is 19.8 Å². The molecular formula is C18H29F3N6O2. The van der Waals surface area contributed by atoms with Crippen molar-refractivity contribution in [2.45, 2.75) is 44.4 Å². The fraction of sp³-hybridized carbons (Fsp3) is 0.722. The number of primary amides is 1. The predicted molar refractivity (Wildman–Crippen MR) is 102 cm³/mol. The molecule has 1 aromatic heterocycles. The largest absolute Gasteiger partial charge is 0.424 e. The van der Waals surface area contributed by atoms with Crippen LogP contribution in [0.3, 0.4) is 0 Å². The first kappa shape index (κ1) is 23.0. The molecule has 0 saturated carbocycles. The minimum absolute atomic E-state index is 0.0878. The van der Waals surface area contributed by atoms with Crippen molar-refractivity contribution in [3.63, 3.8) is 0 Å². The first-order valence-electron chi connectivity index (χ1n) is 9.67. The number of nitrogens with zero attached hydrogens (tertiary/aromatic N) is 4. The normalized spacial score (nSPS) is 20.4. The number of alkyl halides is 3. The Balaban J connectivity index is 2.14. The molecule has 2 rings (SSSR count). The van der Waals surface area contributed by atoms with E-state index in [1.54, 1.807) is 0 Å². The van der Waals surface area contributed by atoms with E-state index in [0.717, 1.165) is 17.4 Å². The lowest BCUT2D eigenvalue weighted by Gasteiger charge is -2.35. The summed E-state index contributed by atoms with van der Waals surface area (Å²) in [5.41, 5.74) is 2.19. The molecule has 0 aliphatic carbocycles. The number of rotatable bonds is 7. The number of aliphatic imine (C=N–C) groups is 1. The quantitative estimate of drug-likeness (QED) is 0.454. The van der Waals surface area contributed by atoms with Gasteiger partial charge in [0.15, 0.2) is 5.96 Å². The monoisotopic (exact) mass is 418 g/mol. The highest BCUT2D eigenvalue weighted by molar-refractivity contribution is 5.80. The number of halogens is 3. The van der Waals surface area contributed by atoms with Crippen molar-refractivity contribution >= 4 is 11.9 Å². The maximum Gasteiger partial charge on any atom is 0.424 e. The minimum atomic E-state index is -4.89. The van der Waals surface area contributed by atoms with Crippen LogP contribution in [0, 0.1) is 5.92 Å². The molecule has 1 aromatic rings. The van der Waals surface area contributed by atoms with Gasteiger partial charge in [0.2, 0.25) is 11.5 Å². The summed E-state index contributed by atoms with van der Waals surface area (Å²) >= 11 is 0. The number of guanidine groups is 1. The number of nitrogens with one attached hydrogen (secondary N) is 1. The molecule has 1 aliphatic heterocycles. The number of aryl methyl sites for hydroxylation is 1. The highest BCUT2D eigenvalue weighted by atomic mass is 19.4. The topological polar surface area (TPSA) is 109 Å². The summed E-state index contributed by atoms with van der Waals surface area (Å²) in [6.45, 7) is 3.39. The Kier molecular flexibility index (Phi) is 7.50. The maximum atomic E-state index is 13.6. The average molecular weight is 418 g/mol. The van der Waals surface area contributed by atoms with Gasteiger partial charge >= 0.3 is 6.18 Å². The van der Waals surface area contributed by atoms with Gasteiger partial charge in [-0.15, -0.1) is 0 Å². The Morgan fingerprint density at radius 1 is 1.48 bits per heavy atom. The van der Waals surface area contributed by atoms with E-state index in [1.807, 2.05) is 11.8 Å². The summed E-state index contributed by atoms with van der Waals surface area (Å²) in [6.07, 6.45) is -1.01. The summed E-state index contributed by atoms with van der Waals surface area (Å²) in [5, 5.41) is 13.5. The van der Waals surface area contributed by atoms with Gasteiger partial charge in [0.25, 0.3) is 0 Å². The number of piperidine rings is 1. The van der Waals surface area contributed by atoms with Crippen LogP contribution in [-0.2, 0) is 17.4 Å². The second-order valence-electron chi connectivity index (χ2n) is 7.33. The third-order valence-corrected chi connectivity index (χ3v) is 5.04. The van der Waals surface area contributed by atoms with Crippen LogP contribution in [0.5, 0.6) is 0 Å². The van der Waals surface area contributed by atoms with Crippen LogP contribution in [-0.4, -0.2) is 63.8 Å². The van der Waals surface area contributed by atoms with Crippen LogP contribution < -0.4 is 11.1 Å². The molecule has 0 bridgehead atoms. The van der Waals surface area contributed by atoms with Gasteiger partial charge in [-0.2, -0.15) is 13.2 Å². The van der Waals surface area contributed by atoms with Crippen LogP contribution >= 0.6 is 0 Å². The zero-order valence-electron chi connectivity index (χ0n) is 16.7. The third-order valence-electron chi connectivity index (χ3n) is 5.04. The number of aromatic nitrogens is 2. The highest BCUT2D eigenvalue weighted by Crippen LogP contribution is 2.40. The number of carbonyl (C=O) groups is 1. The van der Waals surface area contributed by atoms with E-state index < -0.39 is 24.0 Å². The SMILES string of the molecule is CCNC(=NCCC(O)(c1nccn1C)C(F)(F)F)N1CCCC(CC(N)=O)C1. The van der Waals surface area contributed by atoms with Crippen LogP contribution in [0.25, 0.3) is 0 Å². The molecule has 1 saturated heterocycles. The molecule has 0 spiro atoms. The fourth-order valence-electron chi connectivity index (χ4n) is 3.60. The second-order valence-corrected chi connectivity index (χ2v) is 7.33. The summed E-state index contributed by atoms with van der Waals surface area (Å²) in [6, 6.07) is 0. The number of amides is 1. The van der Waals surface area contributed by atoms with Crippen molar-refractivity contribution in [2.75, 3.05) is 26.2 Å². The van der Waals surface area contributed by atoms with Crippen LogP contribution in [0.1, 0.15) is 38.4 Å². The molecule has 1 fully saturated rings. The van der Waals surface area contributed by atoms with Crippen molar-refractivity contribution in [3.05, 3.63) is 18.2 Å². The number of hydrogen-bond acceptors (Lipinski definition) is 4. The summed E-state index contributed by atoms with van der Waals surface area (Å²) < 4.78 is 42.0. The smallest absolute Gasteiger partial charge is 0.374 e. The van der Waals surface area contributed by atoms with Crippen LogP contribution in [0.4, 0.5) is 13.2 Å². The molecule has 8 nitrogen and oxygen atoms in total. The van der Waals surface area contributed by atoms with E-state index in [0.29, 0.717) is 25.6 Å². The third kappa shape index (κ3) is 5.62. The zero-order valence-corrected chi connectivity index (χ0v) is 16.7. The number of nitrogens with two attached hydrogens (primary N) is 1. The lowest BCUT2D eigenvalue weighted by atomic mass is 9.95. The van der Waals surface area contributed by atoms with E-state index >= 15 is 0 Å². The highest BCUT2D eigenvalue weighted by Gasteiger charge is 2.57. The molecule has 11 heteroatoms. The number of hydrogen-bond donors (Lipinski definition) is 3. The molecule has 2 atom stereocenters. The van der Waals surface area contributed by atoms with Gasteiger partial charge < -0.3 is 25.6 Å². The van der Waals surface area contributed by atoms with Gasteiger partial charge in [-0.1, -0.05) is 0 Å². The van der Waals surface area contributed by atoms with Gasteiger partial charge in [-0.05, 0) is 25.7 Å². The molecule has 1 aliphatic rings. The molecule has 2 heterocycles.